The van der Waals surface area contributed by atoms with Gasteiger partial charge < -0.3 is 14.8 Å². The standard InChI is InChI=1S/C19H21F2NO3/c1-12(2)14-9-8-13(3)17(10-14)24-11-18(23)22-15-6-4-5-7-16(15)25-19(20)21/h4-10,12,19H,11H2,1-3H3,(H,22,23). The highest BCUT2D eigenvalue weighted by Crippen LogP contribution is 2.26. The molecule has 4 nitrogen and oxygen atoms in total. The molecule has 0 aromatic heterocycles. The van der Waals surface area contributed by atoms with Gasteiger partial charge in [0.15, 0.2) is 6.61 Å². The smallest absolute Gasteiger partial charge is 0.387 e. The molecule has 2 aromatic carbocycles. The highest BCUT2D eigenvalue weighted by atomic mass is 19.3. The molecule has 0 atom stereocenters. The number of para-hydroxylation sites is 2. The molecular formula is C19H21F2NO3. The van der Waals surface area contributed by atoms with Crippen molar-refractivity contribution in [3.05, 3.63) is 53.6 Å². The number of aryl methyl sites for hydroxylation is 1. The van der Waals surface area contributed by atoms with Gasteiger partial charge in [-0.25, -0.2) is 0 Å². The number of anilines is 1. The summed E-state index contributed by atoms with van der Waals surface area (Å²) in [6, 6.07) is 11.9. The topological polar surface area (TPSA) is 47.6 Å². The first-order valence-corrected chi connectivity index (χ1v) is 7.94. The van der Waals surface area contributed by atoms with Crippen LogP contribution < -0.4 is 14.8 Å². The summed E-state index contributed by atoms with van der Waals surface area (Å²) in [7, 11) is 0. The number of alkyl halides is 2. The summed E-state index contributed by atoms with van der Waals surface area (Å²) in [4.78, 5) is 12.1. The number of hydrogen-bond donors (Lipinski definition) is 1. The molecule has 0 fully saturated rings. The van der Waals surface area contributed by atoms with Crippen LogP contribution in [0.15, 0.2) is 42.5 Å². The zero-order valence-corrected chi connectivity index (χ0v) is 14.4. The van der Waals surface area contributed by atoms with E-state index in [-0.39, 0.29) is 18.0 Å². The molecule has 0 aliphatic rings. The molecule has 134 valence electrons. The molecule has 1 N–H and O–H groups in total. The van der Waals surface area contributed by atoms with Gasteiger partial charge in [-0.2, -0.15) is 8.78 Å². The highest BCUT2D eigenvalue weighted by molar-refractivity contribution is 5.93. The number of benzene rings is 2. The third kappa shape index (κ3) is 5.45. The number of halogens is 2. The summed E-state index contributed by atoms with van der Waals surface area (Å²) in [6.07, 6.45) is 0. The molecule has 0 unspecified atom stereocenters. The zero-order chi connectivity index (χ0) is 18.4. The minimum Gasteiger partial charge on any atom is -0.483 e. The minimum atomic E-state index is -2.96. The van der Waals surface area contributed by atoms with Gasteiger partial charge in [-0.1, -0.05) is 38.1 Å². The van der Waals surface area contributed by atoms with E-state index in [4.69, 9.17) is 4.74 Å². The van der Waals surface area contributed by atoms with Crippen LogP contribution in [0.3, 0.4) is 0 Å². The Bertz CT molecular complexity index is 732. The number of ether oxygens (including phenoxy) is 2. The van der Waals surface area contributed by atoms with Gasteiger partial charge in [-0.15, -0.1) is 0 Å². The molecule has 1 amide bonds. The number of carbonyl (C=O) groups excluding carboxylic acids is 1. The van der Waals surface area contributed by atoms with Crippen molar-refractivity contribution >= 4 is 11.6 Å². The van der Waals surface area contributed by atoms with E-state index in [1.165, 1.54) is 12.1 Å². The fraction of sp³-hybridized carbons (Fsp3) is 0.316. The van der Waals surface area contributed by atoms with Crippen molar-refractivity contribution in [2.24, 2.45) is 0 Å². The zero-order valence-electron chi connectivity index (χ0n) is 14.4. The third-order valence-corrected chi connectivity index (χ3v) is 3.61. The van der Waals surface area contributed by atoms with E-state index < -0.39 is 12.5 Å². The molecule has 0 spiro atoms. The maximum atomic E-state index is 12.4. The van der Waals surface area contributed by atoms with E-state index in [0.29, 0.717) is 11.7 Å². The maximum Gasteiger partial charge on any atom is 0.387 e. The van der Waals surface area contributed by atoms with Crippen LogP contribution in [-0.2, 0) is 4.79 Å². The fourth-order valence-corrected chi connectivity index (χ4v) is 2.23. The Kier molecular flexibility index (Phi) is 6.33. The van der Waals surface area contributed by atoms with Crippen molar-refractivity contribution in [1.82, 2.24) is 0 Å². The summed E-state index contributed by atoms with van der Waals surface area (Å²) >= 11 is 0. The van der Waals surface area contributed by atoms with Gasteiger partial charge in [0.2, 0.25) is 0 Å². The number of hydrogen-bond acceptors (Lipinski definition) is 3. The molecule has 0 bridgehead atoms. The lowest BCUT2D eigenvalue weighted by Crippen LogP contribution is -2.21. The van der Waals surface area contributed by atoms with Gasteiger partial charge in [-0.3, -0.25) is 4.79 Å². The average molecular weight is 349 g/mol. The maximum absolute atomic E-state index is 12.4. The lowest BCUT2D eigenvalue weighted by Gasteiger charge is -2.14. The minimum absolute atomic E-state index is 0.0937. The predicted octanol–water partition coefficient (Wildman–Crippen LogP) is 4.74. The number of amides is 1. The fourth-order valence-electron chi connectivity index (χ4n) is 2.23. The largest absolute Gasteiger partial charge is 0.483 e. The first-order chi connectivity index (χ1) is 11.9. The third-order valence-electron chi connectivity index (χ3n) is 3.61. The molecule has 0 saturated carbocycles. The van der Waals surface area contributed by atoms with Gasteiger partial charge in [-0.05, 0) is 42.2 Å². The molecule has 6 heteroatoms. The van der Waals surface area contributed by atoms with E-state index in [9.17, 15) is 13.6 Å². The molecule has 2 aromatic rings. The van der Waals surface area contributed by atoms with Crippen LogP contribution in [0.5, 0.6) is 11.5 Å². The average Bonchev–Trinajstić information content (AvgIpc) is 2.55. The summed E-state index contributed by atoms with van der Waals surface area (Å²) in [5.74, 6) is 0.414. The molecule has 0 radical (unpaired) electrons. The SMILES string of the molecule is Cc1ccc(C(C)C)cc1OCC(=O)Nc1ccccc1OC(F)F. The molecule has 25 heavy (non-hydrogen) atoms. The van der Waals surface area contributed by atoms with Crippen LogP contribution in [0.1, 0.15) is 30.9 Å². The van der Waals surface area contributed by atoms with Crippen LogP contribution in [0.2, 0.25) is 0 Å². The monoisotopic (exact) mass is 349 g/mol. The number of rotatable bonds is 7. The van der Waals surface area contributed by atoms with Gasteiger partial charge in [0.1, 0.15) is 11.5 Å². The Labute approximate surface area is 145 Å². The lowest BCUT2D eigenvalue weighted by molar-refractivity contribution is -0.118. The molecular weight excluding hydrogens is 328 g/mol. The van der Waals surface area contributed by atoms with Crippen molar-refractivity contribution in [1.29, 1.82) is 0 Å². The van der Waals surface area contributed by atoms with Crippen LogP contribution in [0, 0.1) is 6.92 Å². The first-order valence-electron chi connectivity index (χ1n) is 7.94. The van der Waals surface area contributed by atoms with Gasteiger partial charge in [0.05, 0.1) is 5.69 Å². The van der Waals surface area contributed by atoms with Crippen molar-refractivity contribution in [2.75, 3.05) is 11.9 Å². The Balaban J connectivity index is 2.01. The van der Waals surface area contributed by atoms with Gasteiger partial charge in [0.25, 0.3) is 5.91 Å². The number of nitrogens with one attached hydrogen (secondary N) is 1. The molecule has 0 saturated heterocycles. The van der Waals surface area contributed by atoms with Crippen molar-refractivity contribution in [2.45, 2.75) is 33.3 Å². The van der Waals surface area contributed by atoms with Crippen molar-refractivity contribution < 1.29 is 23.0 Å². The van der Waals surface area contributed by atoms with E-state index >= 15 is 0 Å². The summed E-state index contributed by atoms with van der Waals surface area (Å²) in [6.45, 7) is 2.84. The van der Waals surface area contributed by atoms with Gasteiger partial charge >= 0.3 is 6.61 Å². The Morgan fingerprint density at radius 1 is 1.12 bits per heavy atom. The second kappa shape index (κ2) is 8.46. The quantitative estimate of drug-likeness (QED) is 0.785. The van der Waals surface area contributed by atoms with E-state index in [1.807, 2.05) is 25.1 Å². The van der Waals surface area contributed by atoms with Crippen LogP contribution in [0.25, 0.3) is 0 Å². The highest BCUT2D eigenvalue weighted by Gasteiger charge is 2.12. The Hall–Kier alpha value is -2.63. The predicted molar refractivity (Wildman–Crippen MR) is 92.5 cm³/mol. The van der Waals surface area contributed by atoms with Crippen LogP contribution in [-0.4, -0.2) is 19.1 Å². The molecule has 0 aliphatic heterocycles. The second-order valence-corrected chi connectivity index (χ2v) is 5.89. The van der Waals surface area contributed by atoms with Crippen molar-refractivity contribution in [3.63, 3.8) is 0 Å². The summed E-state index contributed by atoms with van der Waals surface area (Å²) in [5, 5.41) is 2.52. The van der Waals surface area contributed by atoms with Crippen molar-refractivity contribution in [3.8, 4) is 11.5 Å². The van der Waals surface area contributed by atoms with Crippen LogP contribution in [0.4, 0.5) is 14.5 Å². The van der Waals surface area contributed by atoms with E-state index in [2.05, 4.69) is 23.9 Å². The number of carbonyl (C=O) groups is 1. The Morgan fingerprint density at radius 2 is 1.84 bits per heavy atom. The lowest BCUT2D eigenvalue weighted by atomic mass is 10.0. The van der Waals surface area contributed by atoms with E-state index in [0.717, 1.165) is 11.1 Å². The normalized spacial score (nSPS) is 10.8. The van der Waals surface area contributed by atoms with Crippen LogP contribution >= 0.6 is 0 Å². The molecule has 2 rings (SSSR count). The molecule has 0 heterocycles. The summed E-state index contributed by atoms with van der Waals surface area (Å²) < 4.78 is 34.8. The van der Waals surface area contributed by atoms with E-state index in [1.54, 1.807) is 12.1 Å². The second-order valence-electron chi connectivity index (χ2n) is 5.89. The van der Waals surface area contributed by atoms with Gasteiger partial charge in [0, 0.05) is 0 Å². The first kappa shape index (κ1) is 18.7. The summed E-state index contributed by atoms with van der Waals surface area (Å²) in [5.41, 5.74) is 2.19. The Morgan fingerprint density at radius 3 is 2.52 bits per heavy atom. The molecule has 0 aliphatic carbocycles.